The van der Waals surface area contributed by atoms with E-state index in [9.17, 15) is 4.79 Å². The number of amides is 1. The van der Waals surface area contributed by atoms with Crippen molar-refractivity contribution in [2.45, 2.75) is 38.8 Å². The number of ether oxygens (including phenoxy) is 1. The minimum atomic E-state index is -0.0825. The third kappa shape index (κ3) is 4.10. The standard InChI is InChI=1S/C16H23N3O2S/c1-11-9-16(2,3)18-15(22)19(11)10-14(20)17-12-5-7-13(21-4)8-6-12/h5-8,11H,9-10H2,1-4H3,(H,17,20)(H,18,22)/t11-/m1/s1. The molecular formula is C16H23N3O2S. The van der Waals surface area contributed by atoms with Crippen LogP contribution in [0.1, 0.15) is 27.2 Å². The van der Waals surface area contributed by atoms with E-state index in [0.29, 0.717) is 5.11 Å². The highest BCUT2D eigenvalue weighted by Crippen LogP contribution is 2.22. The maximum atomic E-state index is 12.2. The van der Waals surface area contributed by atoms with Gasteiger partial charge < -0.3 is 20.3 Å². The Kier molecular flexibility index (Phi) is 4.90. The molecule has 6 heteroatoms. The molecule has 0 spiro atoms. The second-order valence-corrected chi connectivity index (χ2v) is 6.66. The van der Waals surface area contributed by atoms with Gasteiger partial charge >= 0.3 is 0 Å². The van der Waals surface area contributed by atoms with Crippen molar-refractivity contribution in [2.24, 2.45) is 0 Å². The Morgan fingerprint density at radius 2 is 2.09 bits per heavy atom. The maximum Gasteiger partial charge on any atom is 0.243 e. The molecule has 0 radical (unpaired) electrons. The van der Waals surface area contributed by atoms with E-state index in [-0.39, 0.29) is 24.0 Å². The van der Waals surface area contributed by atoms with E-state index in [1.54, 1.807) is 7.11 Å². The zero-order valence-electron chi connectivity index (χ0n) is 13.5. The first-order valence-electron chi connectivity index (χ1n) is 7.33. The zero-order chi connectivity index (χ0) is 16.3. The lowest BCUT2D eigenvalue weighted by Crippen LogP contribution is -2.61. The number of nitrogens with zero attached hydrogens (tertiary/aromatic N) is 1. The monoisotopic (exact) mass is 321 g/mol. The van der Waals surface area contributed by atoms with E-state index in [1.807, 2.05) is 29.2 Å². The summed E-state index contributed by atoms with van der Waals surface area (Å²) in [5.41, 5.74) is 0.717. The molecule has 2 N–H and O–H groups in total. The van der Waals surface area contributed by atoms with Gasteiger partial charge in [0.1, 0.15) is 5.75 Å². The molecule has 1 aromatic rings. The molecule has 1 fully saturated rings. The number of hydrogen-bond acceptors (Lipinski definition) is 3. The van der Waals surface area contributed by atoms with Gasteiger partial charge in [-0.15, -0.1) is 0 Å². The number of thiocarbonyl (C=S) groups is 1. The fraction of sp³-hybridized carbons (Fsp3) is 0.500. The molecule has 1 heterocycles. The lowest BCUT2D eigenvalue weighted by molar-refractivity contribution is -0.117. The molecule has 2 rings (SSSR count). The Morgan fingerprint density at radius 3 is 2.64 bits per heavy atom. The van der Waals surface area contributed by atoms with Crippen LogP contribution in [0, 0.1) is 0 Å². The number of carbonyl (C=O) groups excluding carboxylic acids is 1. The largest absolute Gasteiger partial charge is 0.497 e. The second-order valence-electron chi connectivity index (χ2n) is 6.27. The van der Waals surface area contributed by atoms with Crippen LogP contribution in [0.3, 0.4) is 0 Å². The molecule has 1 amide bonds. The summed E-state index contributed by atoms with van der Waals surface area (Å²) in [6.07, 6.45) is 0.933. The summed E-state index contributed by atoms with van der Waals surface area (Å²) in [5.74, 6) is 0.677. The van der Waals surface area contributed by atoms with E-state index in [1.165, 1.54) is 0 Å². The summed E-state index contributed by atoms with van der Waals surface area (Å²) in [6.45, 7) is 6.57. The summed E-state index contributed by atoms with van der Waals surface area (Å²) in [7, 11) is 1.61. The average molecular weight is 321 g/mol. The summed E-state index contributed by atoms with van der Waals surface area (Å²) in [6, 6.07) is 7.48. The maximum absolute atomic E-state index is 12.2. The van der Waals surface area contributed by atoms with E-state index < -0.39 is 0 Å². The number of benzene rings is 1. The highest BCUT2D eigenvalue weighted by Gasteiger charge is 2.33. The van der Waals surface area contributed by atoms with Crippen LogP contribution in [-0.2, 0) is 4.79 Å². The molecule has 0 aromatic heterocycles. The molecule has 120 valence electrons. The average Bonchev–Trinajstić information content (AvgIpc) is 2.43. The number of methoxy groups -OCH3 is 1. The van der Waals surface area contributed by atoms with Gasteiger partial charge in [-0.3, -0.25) is 4.79 Å². The van der Waals surface area contributed by atoms with Crippen molar-refractivity contribution in [3.05, 3.63) is 24.3 Å². The molecule has 22 heavy (non-hydrogen) atoms. The van der Waals surface area contributed by atoms with Crippen molar-refractivity contribution in [3.8, 4) is 5.75 Å². The van der Waals surface area contributed by atoms with Crippen LogP contribution in [-0.4, -0.2) is 41.2 Å². The van der Waals surface area contributed by atoms with Crippen LogP contribution in [0.25, 0.3) is 0 Å². The fourth-order valence-electron chi connectivity index (χ4n) is 2.72. The summed E-state index contributed by atoms with van der Waals surface area (Å²) < 4.78 is 5.10. The van der Waals surface area contributed by atoms with Crippen molar-refractivity contribution in [2.75, 3.05) is 19.0 Å². The van der Waals surface area contributed by atoms with Gasteiger partial charge in [0.2, 0.25) is 5.91 Å². The molecule has 5 nitrogen and oxygen atoms in total. The SMILES string of the molecule is COc1ccc(NC(=O)CN2C(=S)NC(C)(C)C[C@H]2C)cc1. The molecule has 1 atom stereocenters. The molecule has 0 aliphatic carbocycles. The molecule has 0 bridgehead atoms. The molecular weight excluding hydrogens is 298 g/mol. The van der Waals surface area contributed by atoms with Gasteiger partial charge in [-0.05, 0) is 63.7 Å². The molecule has 0 saturated carbocycles. The topological polar surface area (TPSA) is 53.6 Å². The van der Waals surface area contributed by atoms with E-state index in [2.05, 4.69) is 31.4 Å². The van der Waals surface area contributed by atoms with Gasteiger partial charge in [-0.1, -0.05) is 0 Å². The highest BCUT2D eigenvalue weighted by molar-refractivity contribution is 7.80. The van der Waals surface area contributed by atoms with Crippen molar-refractivity contribution in [1.29, 1.82) is 0 Å². The lowest BCUT2D eigenvalue weighted by atomic mass is 9.93. The van der Waals surface area contributed by atoms with Crippen molar-refractivity contribution >= 4 is 28.9 Å². The quantitative estimate of drug-likeness (QED) is 0.834. The molecule has 0 unspecified atom stereocenters. The Balaban J connectivity index is 1.95. The highest BCUT2D eigenvalue weighted by atomic mass is 32.1. The Labute approximate surface area is 137 Å². The predicted octanol–water partition coefficient (Wildman–Crippen LogP) is 2.38. The first-order valence-corrected chi connectivity index (χ1v) is 7.74. The predicted molar refractivity (Wildman–Crippen MR) is 92.2 cm³/mol. The van der Waals surface area contributed by atoms with Crippen LogP contribution in [0.2, 0.25) is 0 Å². The van der Waals surface area contributed by atoms with Gasteiger partial charge in [0.05, 0.1) is 13.7 Å². The summed E-state index contributed by atoms with van der Waals surface area (Å²) in [5, 5.41) is 6.79. The third-order valence-corrected chi connectivity index (χ3v) is 4.07. The number of anilines is 1. The van der Waals surface area contributed by atoms with Crippen molar-refractivity contribution < 1.29 is 9.53 Å². The minimum absolute atomic E-state index is 0.0283. The number of carbonyl (C=O) groups is 1. The zero-order valence-corrected chi connectivity index (χ0v) is 14.3. The smallest absolute Gasteiger partial charge is 0.243 e. The van der Waals surface area contributed by atoms with Gasteiger partial charge in [0.15, 0.2) is 5.11 Å². The summed E-state index contributed by atoms with van der Waals surface area (Å²) >= 11 is 5.39. The number of rotatable bonds is 4. The molecule has 1 aliphatic heterocycles. The first-order chi connectivity index (χ1) is 10.3. The van der Waals surface area contributed by atoms with Crippen LogP contribution < -0.4 is 15.4 Å². The normalized spacial score (nSPS) is 20.3. The van der Waals surface area contributed by atoms with E-state index in [4.69, 9.17) is 17.0 Å². The van der Waals surface area contributed by atoms with E-state index >= 15 is 0 Å². The number of hydrogen-bond donors (Lipinski definition) is 2. The van der Waals surface area contributed by atoms with Gasteiger partial charge in [-0.25, -0.2) is 0 Å². The Hall–Kier alpha value is -1.82. The van der Waals surface area contributed by atoms with Crippen LogP contribution in [0.5, 0.6) is 5.75 Å². The minimum Gasteiger partial charge on any atom is -0.497 e. The molecule has 1 saturated heterocycles. The Bertz CT molecular complexity index is 557. The van der Waals surface area contributed by atoms with Crippen molar-refractivity contribution in [3.63, 3.8) is 0 Å². The second kappa shape index (κ2) is 6.52. The van der Waals surface area contributed by atoms with Crippen LogP contribution in [0.4, 0.5) is 5.69 Å². The molecule has 1 aromatic carbocycles. The lowest BCUT2D eigenvalue weighted by Gasteiger charge is -2.44. The number of nitrogens with one attached hydrogen (secondary N) is 2. The Morgan fingerprint density at radius 1 is 1.45 bits per heavy atom. The van der Waals surface area contributed by atoms with Gasteiger partial charge in [0.25, 0.3) is 0 Å². The third-order valence-electron chi connectivity index (χ3n) is 3.73. The van der Waals surface area contributed by atoms with Crippen LogP contribution >= 0.6 is 12.2 Å². The summed E-state index contributed by atoms with van der Waals surface area (Å²) in [4.78, 5) is 14.1. The van der Waals surface area contributed by atoms with Gasteiger partial charge in [-0.2, -0.15) is 0 Å². The first kappa shape index (κ1) is 16.5. The van der Waals surface area contributed by atoms with Gasteiger partial charge in [0, 0.05) is 17.3 Å². The van der Waals surface area contributed by atoms with Crippen molar-refractivity contribution in [1.82, 2.24) is 10.2 Å². The fourth-order valence-corrected chi connectivity index (χ4v) is 3.24. The van der Waals surface area contributed by atoms with Crippen LogP contribution in [0.15, 0.2) is 24.3 Å². The molecule has 1 aliphatic rings. The van der Waals surface area contributed by atoms with E-state index in [0.717, 1.165) is 17.9 Å².